The van der Waals surface area contributed by atoms with Gasteiger partial charge in [0, 0.05) is 28.2 Å². The second-order valence-corrected chi connectivity index (χ2v) is 10.5. The molecule has 0 aliphatic rings. The lowest BCUT2D eigenvalue weighted by atomic mass is 10.1. The fourth-order valence-corrected chi connectivity index (χ4v) is 4.78. The lowest BCUT2D eigenvalue weighted by molar-refractivity contribution is -0.140. The van der Waals surface area contributed by atoms with Crippen molar-refractivity contribution in [2.75, 3.05) is 23.7 Å². The maximum Gasteiger partial charge on any atom is 0.244 e. The molecule has 11 heteroatoms. The molecule has 0 radical (unpaired) electrons. The van der Waals surface area contributed by atoms with Crippen molar-refractivity contribution in [2.45, 2.75) is 32.9 Å². The van der Waals surface area contributed by atoms with E-state index >= 15 is 0 Å². The summed E-state index contributed by atoms with van der Waals surface area (Å²) in [6.45, 7) is 3.42. The Hall–Kier alpha value is -2.00. The summed E-state index contributed by atoms with van der Waals surface area (Å²) < 4.78 is 26.0. The summed E-state index contributed by atoms with van der Waals surface area (Å²) in [5.74, 6) is -0.906. The van der Waals surface area contributed by atoms with E-state index in [-0.39, 0.29) is 18.1 Å². The summed E-state index contributed by atoms with van der Waals surface area (Å²) in [5.41, 5.74) is 0.819. The summed E-state index contributed by atoms with van der Waals surface area (Å²) in [7, 11) is -3.83. The number of likely N-dealkylation sites (N-methyl/N-ethyl adjacent to an activating group) is 1. The van der Waals surface area contributed by atoms with Gasteiger partial charge in [-0.1, -0.05) is 53.9 Å². The smallest absolute Gasteiger partial charge is 0.244 e. The highest BCUT2D eigenvalue weighted by atomic mass is 35.5. The van der Waals surface area contributed by atoms with Crippen molar-refractivity contribution in [2.24, 2.45) is 0 Å². The molecule has 0 heterocycles. The number of nitrogens with one attached hydrogen (secondary N) is 1. The van der Waals surface area contributed by atoms with Crippen LogP contribution >= 0.6 is 34.8 Å². The number of halogens is 3. The van der Waals surface area contributed by atoms with Gasteiger partial charge in [0.25, 0.3) is 0 Å². The van der Waals surface area contributed by atoms with E-state index in [1.807, 2.05) is 0 Å². The Morgan fingerprint density at radius 3 is 2.24 bits per heavy atom. The molecular formula is C22H26Cl3N3O4S. The third kappa shape index (κ3) is 7.50. The standard InChI is InChI=1S/C22H26Cl3N3O4S/c1-4-20(22(30)26-5-2)27(13-15-9-10-17(24)12-19(15)25)21(29)14-28(33(3,31)32)18-8-6-7-16(23)11-18/h6-12,20H,4-5,13-14H2,1-3H3,(H,26,30)/t20-/m0/s1. The molecule has 7 nitrogen and oxygen atoms in total. The second-order valence-electron chi connectivity index (χ2n) is 7.33. The molecule has 1 N–H and O–H groups in total. The van der Waals surface area contributed by atoms with Crippen LogP contribution in [0.3, 0.4) is 0 Å². The van der Waals surface area contributed by atoms with Gasteiger partial charge >= 0.3 is 0 Å². The zero-order valence-corrected chi connectivity index (χ0v) is 21.6. The quantitative estimate of drug-likeness (QED) is 0.491. The number of carbonyl (C=O) groups excluding carboxylic acids is 2. The average Bonchev–Trinajstić information content (AvgIpc) is 2.72. The number of rotatable bonds is 10. The SMILES string of the molecule is CCNC(=O)[C@H](CC)N(Cc1ccc(Cl)cc1Cl)C(=O)CN(c1cccc(Cl)c1)S(C)(=O)=O. The predicted molar refractivity (Wildman–Crippen MR) is 133 cm³/mol. The van der Waals surface area contributed by atoms with Crippen molar-refractivity contribution in [3.8, 4) is 0 Å². The van der Waals surface area contributed by atoms with Crippen molar-refractivity contribution in [3.05, 3.63) is 63.1 Å². The molecule has 33 heavy (non-hydrogen) atoms. The summed E-state index contributed by atoms with van der Waals surface area (Å²) in [5, 5.41) is 3.82. The minimum absolute atomic E-state index is 0.00236. The van der Waals surface area contributed by atoms with Gasteiger partial charge in [0.1, 0.15) is 12.6 Å². The van der Waals surface area contributed by atoms with Crippen LogP contribution in [0.1, 0.15) is 25.8 Å². The highest BCUT2D eigenvalue weighted by Crippen LogP contribution is 2.25. The van der Waals surface area contributed by atoms with Gasteiger partial charge in [-0.2, -0.15) is 0 Å². The highest BCUT2D eigenvalue weighted by Gasteiger charge is 2.32. The maximum atomic E-state index is 13.5. The van der Waals surface area contributed by atoms with Gasteiger partial charge in [-0.05, 0) is 49.2 Å². The van der Waals surface area contributed by atoms with Crippen LogP contribution in [0.25, 0.3) is 0 Å². The van der Waals surface area contributed by atoms with Gasteiger partial charge in [-0.3, -0.25) is 13.9 Å². The Kier molecular flexibility index (Phi) is 9.84. The maximum absolute atomic E-state index is 13.5. The molecule has 0 aliphatic heterocycles. The van der Waals surface area contributed by atoms with Gasteiger partial charge in [-0.15, -0.1) is 0 Å². The van der Waals surface area contributed by atoms with Gasteiger partial charge < -0.3 is 10.2 Å². The van der Waals surface area contributed by atoms with E-state index in [2.05, 4.69) is 5.32 Å². The van der Waals surface area contributed by atoms with E-state index in [1.54, 1.807) is 50.2 Å². The first-order valence-electron chi connectivity index (χ1n) is 10.2. The number of amides is 2. The molecule has 2 aromatic carbocycles. The van der Waals surface area contributed by atoms with Crippen LogP contribution in [0.15, 0.2) is 42.5 Å². The van der Waals surface area contributed by atoms with E-state index < -0.39 is 28.5 Å². The average molecular weight is 535 g/mol. The van der Waals surface area contributed by atoms with Crippen LogP contribution in [0.5, 0.6) is 0 Å². The van der Waals surface area contributed by atoms with Gasteiger partial charge in [0.15, 0.2) is 0 Å². The number of hydrogen-bond acceptors (Lipinski definition) is 4. The fraction of sp³-hybridized carbons (Fsp3) is 0.364. The van der Waals surface area contributed by atoms with Crippen molar-refractivity contribution >= 4 is 62.3 Å². The molecule has 180 valence electrons. The molecule has 2 amide bonds. The minimum Gasteiger partial charge on any atom is -0.355 e. The van der Waals surface area contributed by atoms with E-state index in [4.69, 9.17) is 34.8 Å². The molecule has 0 aromatic heterocycles. The van der Waals surface area contributed by atoms with Gasteiger partial charge in [0.2, 0.25) is 21.8 Å². The molecule has 0 aliphatic carbocycles. The summed E-state index contributed by atoms with van der Waals surface area (Å²) in [4.78, 5) is 27.6. The van der Waals surface area contributed by atoms with Crippen LogP contribution in [0, 0.1) is 0 Å². The van der Waals surface area contributed by atoms with E-state index in [1.165, 1.54) is 11.0 Å². The monoisotopic (exact) mass is 533 g/mol. The lowest BCUT2D eigenvalue weighted by Gasteiger charge is -2.33. The third-order valence-electron chi connectivity index (χ3n) is 4.87. The molecule has 0 bridgehead atoms. The Labute approximate surface area is 209 Å². The number of carbonyl (C=O) groups is 2. The molecule has 0 saturated heterocycles. The van der Waals surface area contributed by atoms with Crippen molar-refractivity contribution in [1.29, 1.82) is 0 Å². The number of anilines is 1. The molecule has 2 rings (SSSR count). The zero-order valence-electron chi connectivity index (χ0n) is 18.5. The molecule has 0 spiro atoms. The normalized spacial score (nSPS) is 12.2. The highest BCUT2D eigenvalue weighted by molar-refractivity contribution is 7.92. The largest absolute Gasteiger partial charge is 0.355 e. The first-order chi connectivity index (χ1) is 15.5. The molecular weight excluding hydrogens is 509 g/mol. The lowest BCUT2D eigenvalue weighted by Crippen LogP contribution is -2.52. The van der Waals surface area contributed by atoms with E-state index in [0.29, 0.717) is 33.6 Å². The molecule has 1 atom stereocenters. The Balaban J connectivity index is 2.46. The Morgan fingerprint density at radius 1 is 1.03 bits per heavy atom. The minimum atomic E-state index is -3.83. The molecule has 2 aromatic rings. The van der Waals surface area contributed by atoms with Crippen LogP contribution < -0.4 is 9.62 Å². The van der Waals surface area contributed by atoms with Crippen LogP contribution in [0.4, 0.5) is 5.69 Å². The summed E-state index contributed by atoms with van der Waals surface area (Å²) in [6, 6.07) is 10.2. The first-order valence-corrected chi connectivity index (χ1v) is 13.2. The summed E-state index contributed by atoms with van der Waals surface area (Å²) >= 11 is 18.3. The zero-order chi connectivity index (χ0) is 24.8. The summed E-state index contributed by atoms with van der Waals surface area (Å²) in [6.07, 6.45) is 1.32. The van der Waals surface area contributed by atoms with E-state index in [0.717, 1.165) is 10.6 Å². The molecule has 0 fully saturated rings. The van der Waals surface area contributed by atoms with Crippen LogP contribution in [0.2, 0.25) is 15.1 Å². The van der Waals surface area contributed by atoms with Crippen molar-refractivity contribution < 1.29 is 18.0 Å². The second kappa shape index (κ2) is 11.9. The Bertz CT molecular complexity index is 1110. The fourth-order valence-electron chi connectivity index (χ4n) is 3.29. The number of hydrogen-bond donors (Lipinski definition) is 1. The van der Waals surface area contributed by atoms with Crippen molar-refractivity contribution in [1.82, 2.24) is 10.2 Å². The van der Waals surface area contributed by atoms with Crippen LogP contribution in [-0.4, -0.2) is 50.5 Å². The number of nitrogens with zero attached hydrogens (tertiary/aromatic N) is 2. The molecule has 0 saturated carbocycles. The number of sulfonamides is 1. The predicted octanol–water partition coefficient (Wildman–Crippen LogP) is 4.36. The van der Waals surface area contributed by atoms with E-state index in [9.17, 15) is 18.0 Å². The van der Waals surface area contributed by atoms with Crippen LogP contribution in [-0.2, 0) is 26.2 Å². The third-order valence-corrected chi connectivity index (χ3v) is 6.83. The number of benzene rings is 2. The Morgan fingerprint density at radius 2 is 1.70 bits per heavy atom. The van der Waals surface area contributed by atoms with Crippen molar-refractivity contribution in [3.63, 3.8) is 0 Å². The first kappa shape index (κ1) is 27.2. The topological polar surface area (TPSA) is 86.8 Å². The van der Waals surface area contributed by atoms with Gasteiger partial charge in [0.05, 0.1) is 11.9 Å². The van der Waals surface area contributed by atoms with Gasteiger partial charge in [-0.25, -0.2) is 8.42 Å². The molecule has 0 unspecified atom stereocenters.